The number of hydrazone groups is 1. The van der Waals surface area contributed by atoms with Crippen molar-refractivity contribution in [1.82, 2.24) is 10.7 Å². The van der Waals surface area contributed by atoms with Crippen LogP contribution in [0.25, 0.3) is 0 Å². The SMILES string of the molecule is COc1ccc(/C=N\NC(=O)[C@@H](NC(=O)C(c2ccccc2)c2ccccc2)C(C)C)cc1OC. The van der Waals surface area contributed by atoms with Gasteiger partial charge >= 0.3 is 0 Å². The maximum absolute atomic E-state index is 13.4. The van der Waals surface area contributed by atoms with Crippen LogP contribution in [-0.2, 0) is 9.59 Å². The van der Waals surface area contributed by atoms with Crippen LogP contribution in [0.3, 0.4) is 0 Å². The molecule has 0 aliphatic carbocycles. The molecular weight excluding hydrogens is 442 g/mol. The number of carbonyl (C=O) groups excluding carboxylic acids is 2. The predicted octanol–water partition coefficient (Wildman–Crippen LogP) is 4.13. The lowest BCUT2D eigenvalue weighted by Gasteiger charge is -2.24. The smallest absolute Gasteiger partial charge is 0.262 e. The number of nitrogens with zero attached hydrogens (tertiary/aromatic N) is 1. The number of ether oxygens (including phenoxy) is 2. The molecule has 1 atom stereocenters. The third-order valence-corrected chi connectivity index (χ3v) is 5.57. The zero-order valence-corrected chi connectivity index (χ0v) is 20.4. The molecule has 0 fully saturated rings. The molecular formula is C28H31N3O4. The molecule has 35 heavy (non-hydrogen) atoms. The summed E-state index contributed by atoms with van der Waals surface area (Å²) in [5.41, 5.74) is 4.97. The summed E-state index contributed by atoms with van der Waals surface area (Å²) < 4.78 is 10.5. The summed E-state index contributed by atoms with van der Waals surface area (Å²) >= 11 is 0. The Kier molecular flexibility index (Phi) is 9.01. The third kappa shape index (κ3) is 6.69. The standard InChI is InChI=1S/C28H31N3O4/c1-19(2)26(28(33)31-29-18-20-15-16-23(34-3)24(17-20)35-4)30-27(32)25(21-11-7-5-8-12-21)22-13-9-6-10-14-22/h5-19,25-26H,1-4H3,(H,30,32)(H,31,33)/b29-18-/t26-/m0/s1. The second-order valence-corrected chi connectivity index (χ2v) is 8.33. The van der Waals surface area contributed by atoms with Crippen molar-refractivity contribution >= 4 is 18.0 Å². The highest BCUT2D eigenvalue weighted by Crippen LogP contribution is 2.27. The van der Waals surface area contributed by atoms with E-state index in [1.54, 1.807) is 32.4 Å². The van der Waals surface area contributed by atoms with Crippen LogP contribution < -0.4 is 20.2 Å². The minimum absolute atomic E-state index is 0.151. The zero-order chi connectivity index (χ0) is 25.2. The monoisotopic (exact) mass is 473 g/mol. The van der Waals surface area contributed by atoms with Gasteiger partial charge in [0.25, 0.3) is 5.91 Å². The van der Waals surface area contributed by atoms with Crippen molar-refractivity contribution in [3.05, 3.63) is 95.6 Å². The summed E-state index contributed by atoms with van der Waals surface area (Å²) in [6.07, 6.45) is 1.51. The second kappa shape index (κ2) is 12.4. The van der Waals surface area contributed by atoms with Gasteiger partial charge in [0.15, 0.2) is 11.5 Å². The van der Waals surface area contributed by atoms with E-state index in [0.29, 0.717) is 11.5 Å². The summed E-state index contributed by atoms with van der Waals surface area (Å²) in [4.78, 5) is 26.4. The first-order chi connectivity index (χ1) is 16.9. The van der Waals surface area contributed by atoms with Gasteiger partial charge in [-0.2, -0.15) is 5.10 Å². The molecule has 0 radical (unpaired) electrons. The van der Waals surface area contributed by atoms with E-state index in [0.717, 1.165) is 16.7 Å². The summed E-state index contributed by atoms with van der Waals surface area (Å²) in [6, 6.07) is 23.6. The third-order valence-electron chi connectivity index (χ3n) is 5.57. The quantitative estimate of drug-likeness (QED) is 0.342. The predicted molar refractivity (Wildman–Crippen MR) is 137 cm³/mol. The molecule has 7 heteroatoms. The Morgan fingerprint density at radius 1 is 0.800 bits per heavy atom. The lowest BCUT2D eigenvalue weighted by molar-refractivity contribution is -0.130. The number of methoxy groups -OCH3 is 2. The number of benzene rings is 3. The Balaban J connectivity index is 1.74. The van der Waals surface area contributed by atoms with Gasteiger partial charge < -0.3 is 14.8 Å². The maximum atomic E-state index is 13.4. The largest absolute Gasteiger partial charge is 0.493 e. The van der Waals surface area contributed by atoms with E-state index in [2.05, 4.69) is 15.8 Å². The van der Waals surface area contributed by atoms with Crippen LogP contribution in [-0.4, -0.2) is 38.3 Å². The minimum Gasteiger partial charge on any atom is -0.493 e. The Labute approximate surface area is 206 Å². The first kappa shape index (κ1) is 25.5. The number of amides is 2. The fraction of sp³-hybridized carbons (Fsp3) is 0.250. The summed E-state index contributed by atoms with van der Waals surface area (Å²) in [6.45, 7) is 3.76. The highest BCUT2D eigenvalue weighted by molar-refractivity contribution is 5.93. The van der Waals surface area contributed by atoms with Gasteiger partial charge in [-0.25, -0.2) is 5.43 Å². The molecule has 0 aromatic heterocycles. The summed E-state index contributed by atoms with van der Waals surface area (Å²) in [7, 11) is 3.11. The highest BCUT2D eigenvalue weighted by atomic mass is 16.5. The number of carbonyl (C=O) groups is 2. The first-order valence-electron chi connectivity index (χ1n) is 11.4. The molecule has 182 valence electrons. The second-order valence-electron chi connectivity index (χ2n) is 8.33. The molecule has 3 aromatic carbocycles. The average Bonchev–Trinajstić information content (AvgIpc) is 2.88. The van der Waals surface area contributed by atoms with Crippen molar-refractivity contribution in [2.24, 2.45) is 11.0 Å². The molecule has 0 unspecified atom stereocenters. The zero-order valence-electron chi connectivity index (χ0n) is 20.4. The topological polar surface area (TPSA) is 89.0 Å². The Morgan fingerprint density at radius 3 is 1.89 bits per heavy atom. The van der Waals surface area contributed by atoms with E-state index in [4.69, 9.17) is 9.47 Å². The fourth-order valence-electron chi connectivity index (χ4n) is 3.73. The van der Waals surface area contributed by atoms with Crippen LogP contribution >= 0.6 is 0 Å². The number of nitrogens with one attached hydrogen (secondary N) is 2. The Bertz CT molecular complexity index is 1110. The van der Waals surface area contributed by atoms with Crippen molar-refractivity contribution < 1.29 is 19.1 Å². The van der Waals surface area contributed by atoms with Crippen LogP contribution in [0, 0.1) is 5.92 Å². The molecule has 0 saturated heterocycles. The van der Waals surface area contributed by atoms with Crippen molar-refractivity contribution in [3.8, 4) is 11.5 Å². The molecule has 2 amide bonds. The van der Waals surface area contributed by atoms with Crippen LogP contribution in [0.2, 0.25) is 0 Å². The van der Waals surface area contributed by atoms with Crippen molar-refractivity contribution in [3.63, 3.8) is 0 Å². The van der Waals surface area contributed by atoms with E-state index < -0.39 is 17.9 Å². The van der Waals surface area contributed by atoms with E-state index in [1.807, 2.05) is 74.5 Å². The summed E-state index contributed by atoms with van der Waals surface area (Å²) in [5.74, 6) is -0.181. The number of rotatable bonds is 10. The van der Waals surface area contributed by atoms with E-state index in [-0.39, 0.29) is 11.8 Å². The van der Waals surface area contributed by atoms with Crippen molar-refractivity contribution in [1.29, 1.82) is 0 Å². The normalized spacial score (nSPS) is 11.9. The van der Waals surface area contributed by atoms with E-state index in [1.165, 1.54) is 6.21 Å². The molecule has 0 saturated carbocycles. The van der Waals surface area contributed by atoms with Crippen molar-refractivity contribution in [2.75, 3.05) is 14.2 Å². The van der Waals surface area contributed by atoms with Crippen LogP contribution in [0.5, 0.6) is 11.5 Å². The minimum atomic E-state index is -0.764. The van der Waals surface area contributed by atoms with Gasteiger partial charge in [-0.05, 0) is 40.8 Å². The lowest BCUT2D eigenvalue weighted by atomic mass is 9.89. The molecule has 0 spiro atoms. The van der Waals surface area contributed by atoms with Crippen LogP contribution in [0.4, 0.5) is 0 Å². The summed E-state index contributed by atoms with van der Waals surface area (Å²) in [5, 5.41) is 7.01. The molecule has 0 heterocycles. The molecule has 3 rings (SSSR count). The van der Waals surface area contributed by atoms with Gasteiger partial charge in [0.2, 0.25) is 5.91 Å². The van der Waals surface area contributed by atoms with Gasteiger partial charge in [0.1, 0.15) is 6.04 Å². The maximum Gasteiger partial charge on any atom is 0.262 e. The van der Waals surface area contributed by atoms with Gasteiger partial charge in [0.05, 0.1) is 26.4 Å². The van der Waals surface area contributed by atoms with Gasteiger partial charge in [-0.1, -0.05) is 74.5 Å². The lowest BCUT2D eigenvalue weighted by Crippen LogP contribution is -2.50. The van der Waals surface area contributed by atoms with Crippen LogP contribution in [0.15, 0.2) is 84.0 Å². The molecule has 0 aliphatic rings. The van der Waals surface area contributed by atoms with Gasteiger partial charge in [-0.15, -0.1) is 0 Å². The molecule has 2 N–H and O–H groups in total. The Morgan fingerprint density at radius 2 is 1.37 bits per heavy atom. The number of hydrogen-bond donors (Lipinski definition) is 2. The first-order valence-corrected chi connectivity index (χ1v) is 11.4. The molecule has 7 nitrogen and oxygen atoms in total. The van der Waals surface area contributed by atoms with Crippen molar-refractivity contribution in [2.45, 2.75) is 25.8 Å². The molecule has 0 bridgehead atoms. The van der Waals surface area contributed by atoms with E-state index in [9.17, 15) is 9.59 Å². The van der Waals surface area contributed by atoms with Crippen LogP contribution in [0.1, 0.15) is 36.5 Å². The Hall–Kier alpha value is -4.13. The van der Waals surface area contributed by atoms with Gasteiger partial charge in [-0.3, -0.25) is 9.59 Å². The van der Waals surface area contributed by atoms with Gasteiger partial charge in [0, 0.05) is 0 Å². The van der Waals surface area contributed by atoms with E-state index >= 15 is 0 Å². The highest BCUT2D eigenvalue weighted by Gasteiger charge is 2.29. The average molecular weight is 474 g/mol. The molecule has 0 aliphatic heterocycles. The molecule has 3 aromatic rings. The number of hydrogen-bond acceptors (Lipinski definition) is 5. The fourth-order valence-corrected chi connectivity index (χ4v) is 3.73.